The van der Waals surface area contributed by atoms with Gasteiger partial charge in [-0.15, -0.1) is 0 Å². The zero-order chi connectivity index (χ0) is 11.6. The second-order valence-corrected chi connectivity index (χ2v) is 6.92. The summed E-state index contributed by atoms with van der Waals surface area (Å²) in [5.74, 6) is 2.17. The van der Waals surface area contributed by atoms with E-state index >= 15 is 0 Å². The lowest BCUT2D eigenvalue weighted by Gasteiger charge is -2.08. The Bertz CT molecular complexity index is 581. The highest BCUT2D eigenvalue weighted by Crippen LogP contribution is 2.52. The average molecular weight is 247 g/mol. The first-order valence-electron chi connectivity index (χ1n) is 6.60. The van der Waals surface area contributed by atoms with Gasteiger partial charge in [0.2, 0.25) is 4.96 Å². The van der Waals surface area contributed by atoms with Crippen LogP contribution in [0.1, 0.15) is 61.3 Å². The Hall–Kier alpha value is -0.900. The molecular formula is C13H17N3S. The minimum absolute atomic E-state index is 0.676. The van der Waals surface area contributed by atoms with Crippen LogP contribution < -0.4 is 0 Å². The van der Waals surface area contributed by atoms with E-state index in [0.717, 1.165) is 23.2 Å². The van der Waals surface area contributed by atoms with Crippen LogP contribution in [0.25, 0.3) is 4.96 Å². The van der Waals surface area contributed by atoms with Crippen molar-refractivity contribution in [2.75, 3.05) is 0 Å². The molecule has 0 aliphatic heterocycles. The molecule has 3 nitrogen and oxygen atoms in total. The van der Waals surface area contributed by atoms with Crippen LogP contribution >= 0.6 is 11.3 Å². The second kappa shape index (κ2) is 3.31. The molecule has 0 spiro atoms. The number of rotatable bonds is 2. The summed E-state index contributed by atoms with van der Waals surface area (Å²) in [6.45, 7) is 4.49. The van der Waals surface area contributed by atoms with E-state index in [4.69, 9.17) is 10.1 Å². The zero-order valence-corrected chi connectivity index (χ0v) is 11.1. The molecule has 0 N–H and O–H groups in total. The zero-order valence-electron chi connectivity index (χ0n) is 10.3. The maximum Gasteiger partial charge on any atom is 0.212 e. The quantitative estimate of drug-likeness (QED) is 0.814. The van der Waals surface area contributed by atoms with Crippen molar-refractivity contribution >= 4 is 16.3 Å². The average Bonchev–Trinajstić information content (AvgIpc) is 2.90. The van der Waals surface area contributed by atoms with Crippen molar-refractivity contribution in [3.8, 4) is 0 Å². The van der Waals surface area contributed by atoms with E-state index in [0.29, 0.717) is 5.92 Å². The third-order valence-corrected chi connectivity index (χ3v) is 5.03. The highest BCUT2D eigenvalue weighted by molar-refractivity contribution is 7.16. The standard InChI is InChI=1S/C13H17N3S/c1-7(2)5-10-15-16-12-9-4-3-8(6-9)11(12)14-13(16)17-10/h7-9H,3-6H2,1-2H3. The normalized spacial score (nSPS) is 26.3. The molecule has 0 radical (unpaired) electrons. The van der Waals surface area contributed by atoms with E-state index in [1.54, 1.807) is 11.3 Å². The fourth-order valence-corrected chi connectivity index (χ4v) is 4.53. The van der Waals surface area contributed by atoms with Crippen molar-refractivity contribution in [2.24, 2.45) is 5.92 Å². The monoisotopic (exact) mass is 247 g/mol. The Balaban J connectivity index is 1.83. The SMILES string of the molecule is CC(C)Cc1nn2c3c(nc2s1)C1CCC3C1. The summed E-state index contributed by atoms with van der Waals surface area (Å²) in [6.07, 6.45) is 5.11. The summed E-state index contributed by atoms with van der Waals surface area (Å²) < 4.78 is 2.15. The number of aromatic nitrogens is 3. The van der Waals surface area contributed by atoms with Crippen molar-refractivity contribution < 1.29 is 0 Å². The Kier molecular flexibility index (Phi) is 1.96. The Morgan fingerprint density at radius 3 is 3.00 bits per heavy atom. The predicted octanol–water partition coefficient (Wildman–Crippen LogP) is 3.35. The number of hydrogen-bond acceptors (Lipinski definition) is 3. The molecule has 2 unspecified atom stereocenters. The molecular weight excluding hydrogens is 230 g/mol. The molecule has 17 heavy (non-hydrogen) atoms. The molecule has 2 atom stereocenters. The third kappa shape index (κ3) is 1.33. The summed E-state index contributed by atoms with van der Waals surface area (Å²) in [6, 6.07) is 0. The van der Waals surface area contributed by atoms with E-state index < -0.39 is 0 Å². The highest BCUT2D eigenvalue weighted by Gasteiger charge is 2.41. The second-order valence-electron chi connectivity index (χ2n) is 5.88. The van der Waals surface area contributed by atoms with E-state index in [2.05, 4.69) is 18.4 Å². The van der Waals surface area contributed by atoms with Gasteiger partial charge >= 0.3 is 0 Å². The topological polar surface area (TPSA) is 30.2 Å². The fraction of sp³-hybridized carbons (Fsp3) is 0.692. The van der Waals surface area contributed by atoms with Gasteiger partial charge in [-0.1, -0.05) is 25.2 Å². The van der Waals surface area contributed by atoms with Crippen molar-refractivity contribution in [3.63, 3.8) is 0 Å². The van der Waals surface area contributed by atoms with Gasteiger partial charge in [0.25, 0.3) is 0 Å². The van der Waals surface area contributed by atoms with Crippen LogP contribution in [-0.2, 0) is 6.42 Å². The maximum atomic E-state index is 4.82. The van der Waals surface area contributed by atoms with Gasteiger partial charge in [-0.3, -0.25) is 0 Å². The van der Waals surface area contributed by atoms with Gasteiger partial charge in [-0.05, 0) is 25.2 Å². The molecule has 0 saturated heterocycles. The molecule has 0 aromatic carbocycles. The molecule has 2 aliphatic carbocycles. The van der Waals surface area contributed by atoms with Crippen LogP contribution in [0.5, 0.6) is 0 Å². The minimum Gasteiger partial charge on any atom is -0.222 e. The van der Waals surface area contributed by atoms with Gasteiger partial charge in [-0.25, -0.2) is 9.50 Å². The summed E-state index contributed by atoms with van der Waals surface area (Å²) in [5, 5.41) is 6.02. The number of fused-ring (bicyclic) bond motifs is 7. The lowest BCUT2D eigenvalue weighted by molar-refractivity contribution is 0.627. The summed E-state index contributed by atoms with van der Waals surface area (Å²) >= 11 is 1.78. The molecule has 2 aromatic rings. The largest absolute Gasteiger partial charge is 0.222 e. The molecule has 4 heteroatoms. The molecule has 0 amide bonds. The smallest absolute Gasteiger partial charge is 0.212 e. The summed E-state index contributed by atoms with van der Waals surface area (Å²) in [5.41, 5.74) is 2.82. The minimum atomic E-state index is 0.676. The predicted molar refractivity (Wildman–Crippen MR) is 68.7 cm³/mol. The Morgan fingerprint density at radius 2 is 2.18 bits per heavy atom. The first kappa shape index (κ1) is 10.1. The van der Waals surface area contributed by atoms with Crippen LogP contribution in [0.2, 0.25) is 0 Å². The van der Waals surface area contributed by atoms with Crippen LogP contribution in [0.3, 0.4) is 0 Å². The van der Waals surface area contributed by atoms with Gasteiger partial charge < -0.3 is 0 Å². The van der Waals surface area contributed by atoms with Crippen molar-refractivity contribution in [1.29, 1.82) is 0 Å². The number of imidazole rings is 1. The van der Waals surface area contributed by atoms with Gasteiger partial charge in [0, 0.05) is 18.3 Å². The Labute approximate surface area is 105 Å². The lowest BCUT2D eigenvalue weighted by atomic mass is 10.0. The summed E-state index contributed by atoms with van der Waals surface area (Å²) in [7, 11) is 0. The van der Waals surface area contributed by atoms with E-state index in [1.807, 2.05) is 0 Å². The first-order valence-corrected chi connectivity index (χ1v) is 7.42. The molecule has 1 fully saturated rings. The maximum absolute atomic E-state index is 4.82. The third-order valence-electron chi connectivity index (χ3n) is 4.10. The van der Waals surface area contributed by atoms with Crippen LogP contribution in [0.15, 0.2) is 0 Å². The number of hydrogen-bond donors (Lipinski definition) is 0. The van der Waals surface area contributed by atoms with Gasteiger partial charge in [0.05, 0.1) is 11.4 Å². The lowest BCUT2D eigenvalue weighted by Crippen LogP contribution is -2.02. The molecule has 2 heterocycles. The molecule has 1 saturated carbocycles. The van der Waals surface area contributed by atoms with Crippen molar-refractivity contribution in [2.45, 2.75) is 51.4 Å². The highest BCUT2D eigenvalue weighted by atomic mass is 32.1. The van der Waals surface area contributed by atoms with E-state index in [1.165, 1.54) is 35.7 Å². The van der Waals surface area contributed by atoms with E-state index in [9.17, 15) is 0 Å². The van der Waals surface area contributed by atoms with E-state index in [-0.39, 0.29) is 0 Å². The fourth-order valence-electron chi connectivity index (χ4n) is 3.41. The number of nitrogens with zero attached hydrogens (tertiary/aromatic N) is 3. The van der Waals surface area contributed by atoms with Crippen molar-refractivity contribution in [3.05, 3.63) is 16.4 Å². The Morgan fingerprint density at radius 1 is 1.35 bits per heavy atom. The first-order chi connectivity index (χ1) is 8.22. The van der Waals surface area contributed by atoms with Gasteiger partial charge in [0.1, 0.15) is 5.01 Å². The van der Waals surface area contributed by atoms with Crippen LogP contribution in [0.4, 0.5) is 0 Å². The van der Waals surface area contributed by atoms with Gasteiger partial charge in [0.15, 0.2) is 0 Å². The molecule has 90 valence electrons. The van der Waals surface area contributed by atoms with Crippen LogP contribution in [0, 0.1) is 5.92 Å². The molecule has 4 rings (SSSR count). The molecule has 2 aromatic heterocycles. The molecule has 2 aliphatic rings. The van der Waals surface area contributed by atoms with Crippen LogP contribution in [-0.4, -0.2) is 14.6 Å². The molecule has 2 bridgehead atoms. The van der Waals surface area contributed by atoms with Crippen molar-refractivity contribution in [1.82, 2.24) is 14.6 Å². The van der Waals surface area contributed by atoms with Gasteiger partial charge in [-0.2, -0.15) is 5.10 Å². The summed E-state index contributed by atoms with van der Waals surface area (Å²) in [4.78, 5) is 5.95.